The van der Waals surface area contributed by atoms with Crippen molar-refractivity contribution >= 4 is 17.4 Å². The summed E-state index contributed by atoms with van der Waals surface area (Å²) in [5.74, 6) is 0.804. The van der Waals surface area contributed by atoms with Gasteiger partial charge in [-0.05, 0) is 49.2 Å². The second kappa shape index (κ2) is 7.35. The monoisotopic (exact) mass is 344 g/mol. The Labute approximate surface area is 152 Å². The molecule has 0 radical (unpaired) electrons. The Kier molecular flexibility index (Phi) is 4.60. The maximum atomic E-state index is 12.3. The smallest absolute Gasteiger partial charge is 0.255 e. The first kappa shape index (κ1) is 16.3. The minimum absolute atomic E-state index is 0.127. The van der Waals surface area contributed by atoms with Crippen LogP contribution in [-0.4, -0.2) is 29.2 Å². The van der Waals surface area contributed by atoms with E-state index in [4.69, 9.17) is 0 Å². The highest BCUT2D eigenvalue weighted by Gasteiger charge is 2.14. The largest absolute Gasteiger partial charge is 0.355 e. The Morgan fingerprint density at radius 2 is 1.69 bits per heavy atom. The standard InChI is InChI=1S/C21H20N4O/c26-21(16-7-2-1-3-8-16)22-18-10-6-9-17(15-18)19-11-12-20(24-23-19)25-13-4-5-14-25/h1-3,6-12,15H,4-5,13-14H2,(H,22,26). The zero-order valence-corrected chi connectivity index (χ0v) is 14.4. The second-order valence-corrected chi connectivity index (χ2v) is 6.37. The van der Waals surface area contributed by atoms with Crippen LogP contribution in [0.1, 0.15) is 23.2 Å². The van der Waals surface area contributed by atoms with Gasteiger partial charge in [-0.25, -0.2) is 0 Å². The van der Waals surface area contributed by atoms with Crippen LogP contribution in [0.4, 0.5) is 11.5 Å². The number of hydrogen-bond donors (Lipinski definition) is 1. The lowest BCUT2D eigenvalue weighted by Gasteiger charge is -2.15. The molecule has 0 aliphatic carbocycles. The summed E-state index contributed by atoms with van der Waals surface area (Å²) in [6.45, 7) is 2.10. The van der Waals surface area contributed by atoms with E-state index in [1.165, 1.54) is 12.8 Å². The van der Waals surface area contributed by atoms with Gasteiger partial charge >= 0.3 is 0 Å². The number of hydrogen-bond acceptors (Lipinski definition) is 4. The zero-order valence-electron chi connectivity index (χ0n) is 14.4. The third-order valence-corrected chi connectivity index (χ3v) is 4.53. The van der Waals surface area contributed by atoms with E-state index >= 15 is 0 Å². The van der Waals surface area contributed by atoms with Crippen molar-refractivity contribution in [3.63, 3.8) is 0 Å². The van der Waals surface area contributed by atoms with E-state index in [2.05, 4.69) is 20.4 Å². The van der Waals surface area contributed by atoms with Gasteiger partial charge < -0.3 is 10.2 Å². The highest BCUT2D eigenvalue weighted by Crippen LogP contribution is 2.23. The number of carbonyl (C=O) groups is 1. The molecule has 0 bridgehead atoms. The van der Waals surface area contributed by atoms with Gasteiger partial charge in [0.1, 0.15) is 0 Å². The van der Waals surface area contributed by atoms with Gasteiger partial charge in [0.05, 0.1) is 5.69 Å². The molecule has 2 aromatic carbocycles. The lowest BCUT2D eigenvalue weighted by Crippen LogP contribution is -2.19. The lowest BCUT2D eigenvalue weighted by atomic mass is 10.1. The average Bonchev–Trinajstić information content (AvgIpc) is 3.24. The summed E-state index contributed by atoms with van der Waals surface area (Å²) in [4.78, 5) is 14.6. The number of anilines is 2. The predicted octanol–water partition coefficient (Wildman–Crippen LogP) is 4.00. The first-order valence-electron chi connectivity index (χ1n) is 8.85. The van der Waals surface area contributed by atoms with Crippen LogP contribution in [0.2, 0.25) is 0 Å². The molecule has 5 heteroatoms. The van der Waals surface area contributed by atoms with Gasteiger partial charge in [-0.1, -0.05) is 30.3 Å². The van der Waals surface area contributed by atoms with Crippen LogP contribution in [-0.2, 0) is 0 Å². The Morgan fingerprint density at radius 3 is 2.42 bits per heavy atom. The summed E-state index contributed by atoms with van der Waals surface area (Å²) < 4.78 is 0. The van der Waals surface area contributed by atoms with Crippen molar-refractivity contribution in [1.82, 2.24) is 10.2 Å². The fourth-order valence-corrected chi connectivity index (χ4v) is 3.14. The maximum absolute atomic E-state index is 12.3. The molecule has 130 valence electrons. The molecule has 1 saturated heterocycles. The second-order valence-electron chi connectivity index (χ2n) is 6.37. The fraction of sp³-hybridized carbons (Fsp3) is 0.190. The van der Waals surface area contributed by atoms with Crippen molar-refractivity contribution in [3.8, 4) is 11.3 Å². The Bertz CT molecular complexity index is 887. The van der Waals surface area contributed by atoms with E-state index < -0.39 is 0 Å². The van der Waals surface area contributed by atoms with Crippen molar-refractivity contribution in [2.75, 3.05) is 23.3 Å². The molecule has 0 spiro atoms. The van der Waals surface area contributed by atoms with E-state index in [1.807, 2.05) is 54.6 Å². The predicted molar refractivity (Wildman–Crippen MR) is 103 cm³/mol. The van der Waals surface area contributed by atoms with Gasteiger partial charge in [-0.15, -0.1) is 10.2 Å². The number of rotatable bonds is 4. The molecule has 5 nitrogen and oxygen atoms in total. The summed E-state index contributed by atoms with van der Waals surface area (Å²) in [5.41, 5.74) is 3.09. The molecule has 1 N–H and O–H groups in total. The number of benzene rings is 2. The molecule has 1 amide bonds. The summed E-state index contributed by atoms with van der Waals surface area (Å²) >= 11 is 0. The van der Waals surface area contributed by atoms with Crippen LogP contribution in [0.3, 0.4) is 0 Å². The van der Waals surface area contributed by atoms with Crippen molar-refractivity contribution < 1.29 is 4.79 Å². The van der Waals surface area contributed by atoms with Crippen LogP contribution in [0.5, 0.6) is 0 Å². The molecule has 1 aromatic heterocycles. The van der Waals surface area contributed by atoms with Crippen LogP contribution in [0.25, 0.3) is 11.3 Å². The highest BCUT2D eigenvalue weighted by atomic mass is 16.1. The number of nitrogens with zero attached hydrogens (tertiary/aromatic N) is 3. The lowest BCUT2D eigenvalue weighted by molar-refractivity contribution is 0.102. The third kappa shape index (κ3) is 3.57. The molecule has 0 unspecified atom stereocenters. The van der Waals surface area contributed by atoms with Crippen molar-refractivity contribution in [2.45, 2.75) is 12.8 Å². The Morgan fingerprint density at radius 1 is 0.885 bits per heavy atom. The minimum Gasteiger partial charge on any atom is -0.355 e. The van der Waals surface area contributed by atoms with Gasteiger partial charge in [-0.2, -0.15) is 0 Å². The number of aromatic nitrogens is 2. The molecule has 4 rings (SSSR count). The molecule has 3 aromatic rings. The van der Waals surface area contributed by atoms with Gasteiger partial charge in [0.2, 0.25) is 0 Å². The SMILES string of the molecule is O=C(Nc1cccc(-c2ccc(N3CCCC3)nn2)c1)c1ccccc1. The van der Waals surface area contributed by atoms with E-state index in [0.29, 0.717) is 5.56 Å². The summed E-state index contributed by atoms with van der Waals surface area (Å²) in [6, 6.07) is 20.8. The average molecular weight is 344 g/mol. The molecular weight excluding hydrogens is 324 g/mol. The fourth-order valence-electron chi connectivity index (χ4n) is 3.14. The molecule has 26 heavy (non-hydrogen) atoms. The van der Waals surface area contributed by atoms with E-state index in [0.717, 1.165) is 35.9 Å². The first-order valence-corrected chi connectivity index (χ1v) is 8.85. The Balaban J connectivity index is 1.51. The van der Waals surface area contributed by atoms with Crippen LogP contribution >= 0.6 is 0 Å². The molecule has 1 aliphatic rings. The Hall–Kier alpha value is -3.21. The minimum atomic E-state index is -0.127. The van der Waals surface area contributed by atoms with Gasteiger partial charge in [0.25, 0.3) is 5.91 Å². The first-order chi connectivity index (χ1) is 12.8. The summed E-state index contributed by atoms with van der Waals surface area (Å²) in [5, 5.41) is 11.7. The molecule has 0 atom stereocenters. The van der Waals surface area contributed by atoms with Crippen LogP contribution in [0, 0.1) is 0 Å². The molecule has 2 heterocycles. The number of nitrogens with one attached hydrogen (secondary N) is 1. The van der Waals surface area contributed by atoms with Crippen LogP contribution < -0.4 is 10.2 Å². The van der Waals surface area contributed by atoms with Crippen LogP contribution in [0.15, 0.2) is 66.7 Å². The summed E-state index contributed by atoms with van der Waals surface area (Å²) in [6.07, 6.45) is 2.43. The topological polar surface area (TPSA) is 58.1 Å². The molecule has 1 aliphatic heterocycles. The highest BCUT2D eigenvalue weighted by molar-refractivity contribution is 6.04. The zero-order chi connectivity index (χ0) is 17.8. The quantitative estimate of drug-likeness (QED) is 0.777. The van der Waals surface area contributed by atoms with Gasteiger partial charge in [-0.3, -0.25) is 4.79 Å². The molecule has 0 saturated carbocycles. The van der Waals surface area contributed by atoms with E-state index in [1.54, 1.807) is 12.1 Å². The maximum Gasteiger partial charge on any atom is 0.255 e. The third-order valence-electron chi connectivity index (χ3n) is 4.53. The van der Waals surface area contributed by atoms with Gasteiger partial charge in [0.15, 0.2) is 5.82 Å². The summed E-state index contributed by atoms with van der Waals surface area (Å²) in [7, 11) is 0. The van der Waals surface area contributed by atoms with E-state index in [-0.39, 0.29) is 5.91 Å². The van der Waals surface area contributed by atoms with Gasteiger partial charge in [0, 0.05) is 29.9 Å². The van der Waals surface area contributed by atoms with E-state index in [9.17, 15) is 4.79 Å². The molecule has 1 fully saturated rings. The normalized spacial score (nSPS) is 13.6. The van der Waals surface area contributed by atoms with Crippen molar-refractivity contribution in [3.05, 3.63) is 72.3 Å². The molecular formula is C21H20N4O. The number of amides is 1. The van der Waals surface area contributed by atoms with Crippen molar-refractivity contribution in [2.24, 2.45) is 0 Å². The number of carbonyl (C=O) groups excluding carboxylic acids is 1. The van der Waals surface area contributed by atoms with Crippen molar-refractivity contribution in [1.29, 1.82) is 0 Å².